The largest absolute Gasteiger partial charge is 0.305 e. The van der Waals surface area contributed by atoms with Crippen molar-refractivity contribution in [2.45, 2.75) is 0 Å². The van der Waals surface area contributed by atoms with Gasteiger partial charge in [0.25, 0.3) is 5.91 Å². The van der Waals surface area contributed by atoms with E-state index in [4.69, 9.17) is 11.6 Å². The third kappa shape index (κ3) is 3.52. The maximum atomic E-state index is 12.2. The number of hydrogen-bond donors (Lipinski definition) is 1. The highest BCUT2D eigenvalue weighted by Gasteiger charge is 2.12. The summed E-state index contributed by atoms with van der Waals surface area (Å²) < 4.78 is 0.851. The summed E-state index contributed by atoms with van der Waals surface area (Å²) in [4.78, 5) is 20.6. The van der Waals surface area contributed by atoms with E-state index in [1.165, 1.54) is 11.3 Å². The van der Waals surface area contributed by atoms with Crippen LogP contribution in [0.1, 0.15) is 10.5 Å². The fraction of sp³-hybridized carbons (Fsp3) is 0. The fourth-order valence-corrected chi connectivity index (χ4v) is 2.90. The molecule has 0 saturated carbocycles. The van der Waals surface area contributed by atoms with Gasteiger partial charge in [-0.1, -0.05) is 23.7 Å². The molecule has 3 rings (SSSR count). The Labute approximate surface area is 144 Å². The molecule has 0 bridgehead atoms. The minimum Gasteiger partial charge on any atom is -0.305 e. The predicted molar refractivity (Wildman–Crippen MR) is 92.5 cm³/mol. The molecule has 1 N–H and O–H groups in total. The van der Waals surface area contributed by atoms with E-state index in [9.17, 15) is 4.79 Å². The number of hydrogen-bond acceptors (Lipinski definition) is 4. The van der Waals surface area contributed by atoms with Crippen LogP contribution in [0.5, 0.6) is 0 Å². The van der Waals surface area contributed by atoms with Gasteiger partial charge in [-0.15, -0.1) is 11.3 Å². The molecule has 0 unspecified atom stereocenters. The van der Waals surface area contributed by atoms with Gasteiger partial charge < -0.3 is 5.32 Å². The molecule has 3 aromatic rings. The molecule has 110 valence electrons. The minimum absolute atomic E-state index is 0.286. The molecule has 22 heavy (non-hydrogen) atoms. The number of rotatable bonds is 3. The number of nitrogens with one attached hydrogen (secondary N) is 1. The van der Waals surface area contributed by atoms with Gasteiger partial charge in [0.05, 0.1) is 0 Å². The van der Waals surface area contributed by atoms with E-state index < -0.39 is 0 Å². The zero-order chi connectivity index (χ0) is 15.5. The topological polar surface area (TPSA) is 54.9 Å². The highest BCUT2D eigenvalue weighted by atomic mass is 79.9. The second-order valence-corrected chi connectivity index (χ2v) is 6.57. The number of halogens is 2. The van der Waals surface area contributed by atoms with Crippen molar-refractivity contribution in [1.82, 2.24) is 9.97 Å². The van der Waals surface area contributed by atoms with Gasteiger partial charge in [0.2, 0.25) is 0 Å². The van der Waals surface area contributed by atoms with Crippen molar-refractivity contribution in [2.75, 3.05) is 5.32 Å². The first kappa shape index (κ1) is 15.1. The standard InChI is InChI=1S/C15H9BrClN3OS/c16-10-3-6-13(18-7-10)20-14(21)12-8-22-15(19-12)9-1-4-11(17)5-2-9/h1-8H,(H,18,20,21). The molecule has 0 spiro atoms. The lowest BCUT2D eigenvalue weighted by atomic mass is 10.2. The third-order valence-corrected chi connectivity index (χ3v) is 4.41. The second kappa shape index (κ2) is 6.56. The third-order valence-electron chi connectivity index (χ3n) is 2.80. The van der Waals surface area contributed by atoms with E-state index in [-0.39, 0.29) is 5.91 Å². The summed E-state index contributed by atoms with van der Waals surface area (Å²) in [7, 11) is 0. The van der Waals surface area contributed by atoms with E-state index in [0.29, 0.717) is 16.5 Å². The summed E-state index contributed by atoms with van der Waals surface area (Å²) in [6, 6.07) is 10.9. The van der Waals surface area contributed by atoms with Gasteiger partial charge in [-0.3, -0.25) is 4.79 Å². The molecule has 7 heteroatoms. The summed E-state index contributed by atoms with van der Waals surface area (Å²) in [5.74, 6) is 0.195. The van der Waals surface area contributed by atoms with E-state index in [1.54, 1.807) is 29.8 Å². The van der Waals surface area contributed by atoms with Crippen molar-refractivity contribution in [3.8, 4) is 10.6 Å². The highest BCUT2D eigenvalue weighted by Crippen LogP contribution is 2.25. The Bertz CT molecular complexity index is 802. The van der Waals surface area contributed by atoms with Crippen LogP contribution >= 0.6 is 38.9 Å². The van der Waals surface area contributed by atoms with E-state index in [0.717, 1.165) is 15.0 Å². The minimum atomic E-state index is -0.286. The van der Waals surface area contributed by atoms with Gasteiger partial charge >= 0.3 is 0 Å². The Hall–Kier alpha value is -1.76. The lowest BCUT2D eigenvalue weighted by Gasteiger charge is -2.01. The molecule has 1 amide bonds. The highest BCUT2D eigenvalue weighted by molar-refractivity contribution is 9.10. The van der Waals surface area contributed by atoms with Crippen LogP contribution in [0.2, 0.25) is 5.02 Å². The molecule has 1 aromatic carbocycles. The summed E-state index contributed by atoms with van der Waals surface area (Å²) in [5.41, 5.74) is 1.29. The van der Waals surface area contributed by atoms with Crippen molar-refractivity contribution in [1.29, 1.82) is 0 Å². The van der Waals surface area contributed by atoms with Crippen molar-refractivity contribution in [2.24, 2.45) is 0 Å². The zero-order valence-corrected chi connectivity index (χ0v) is 14.2. The molecule has 0 saturated heterocycles. The number of nitrogens with zero attached hydrogens (tertiary/aromatic N) is 2. The average molecular weight is 395 g/mol. The molecule has 4 nitrogen and oxygen atoms in total. The van der Waals surface area contributed by atoms with Gasteiger partial charge in [-0.25, -0.2) is 9.97 Å². The first-order valence-electron chi connectivity index (χ1n) is 6.26. The van der Waals surface area contributed by atoms with Gasteiger partial charge in [0.1, 0.15) is 16.5 Å². The average Bonchev–Trinajstić information content (AvgIpc) is 3.00. The molecule has 0 aliphatic carbocycles. The molecule has 0 aliphatic heterocycles. The van der Waals surface area contributed by atoms with Crippen molar-refractivity contribution < 1.29 is 4.79 Å². The number of pyridine rings is 1. The Kier molecular flexibility index (Phi) is 4.52. The number of anilines is 1. The molecule has 0 atom stereocenters. The number of aromatic nitrogens is 2. The van der Waals surface area contributed by atoms with Gasteiger partial charge in [0.15, 0.2) is 0 Å². The lowest BCUT2D eigenvalue weighted by molar-refractivity contribution is 0.102. The molecule has 2 aromatic heterocycles. The number of amides is 1. The van der Waals surface area contributed by atoms with Crippen LogP contribution in [0.25, 0.3) is 10.6 Å². The first-order valence-corrected chi connectivity index (χ1v) is 8.31. The normalized spacial score (nSPS) is 10.5. The number of thiazole rings is 1. The molecule has 0 fully saturated rings. The maximum absolute atomic E-state index is 12.2. The van der Waals surface area contributed by atoms with Crippen LogP contribution in [0.3, 0.4) is 0 Å². The quantitative estimate of drug-likeness (QED) is 0.689. The van der Waals surface area contributed by atoms with Crippen molar-refractivity contribution in [3.05, 3.63) is 63.2 Å². The summed E-state index contributed by atoms with van der Waals surface area (Å²) >= 11 is 10.6. The van der Waals surface area contributed by atoms with Crippen molar-refractivity contribution in [3.63, 3.8) is 0 Å². The predicted octanol–water partition coefficient (Wildman–Crippen LogP) is 4.87. The zero-order valence-electron chi connectivity index (χ0n) is 11.1. The van der Waals surface area contributed by atoms with E-state index in [1.807, 2.05) is 18.2 Å². The molecule has 0 aliphatic rings. The number of benzene rings is 1. The Morgan fingerprint density at radius 2 is 1.95 bits per heavy atom. The van der Waals surface area contributed by atoms with E-state index >= 15 is 0 Å². The van der Waals surface area contributed by atoms with E-state index in [2.05, 4.69) is 31.2 Å². The molecule has 0 radical (unpaired) electrons. The molecule has 2 heterocycles. The molecular formula is C15H9BrClN3OS. The SMILES string of the molecule is O=C(Nc1ccc(Br)cn1)c1csc(-c2ccc(Cl)cc2)n1. The Balaban J connectivity index is 1.76. The van der Waals surface area contributed by atoms with Crippen molar-refractivity contribution >= 4 is 50.6 Å². The van der Waals surface area contributed by atoms with Gasteiger partial charge in [0, 0.05) is 26.6 Å². The lowest BCUT2D eigenvalue weighted by Crippen LogP contribution is -2.13. The fourth-order valence-electron chi connectivity index (χ4n) is 1.73. The smallest absolute Gasteiger partial charge is 0.276 e. The summed E-state index contributed by atoms with van der Waals surface area (Å²) in [5, 5.41) is 5.87. The number of carbonyl (C=O) groups is 1. The van der Waals surface area contributed by atoms with Crippen LogP contribution in [0.15, 0.2) is 52.4 Å². The first-order chi connectivity index (χ1) is 10.6. The monoisotopic (exact) mass is 393 g/mol. The Morgan fingerprint density at radius 1 is 1.18 bits per heavy atom. The van der Waals surface area contributed by atoms with Crippen LogP contribution in [-0.4, -0.2) is 15.9 Å². The number of carbonyl (C=O) groups excluding carboxylic acids is 1. The van der Waals surface area contributed by atoms with Gasteiger partial charge in [-0.05, 0) is 40.2 Å². The van der Waals surface area contributed by atoms with Gasteiger partial charge in [-0.2, -0.15) is 0 Å². The van der Waals surface area contributed by atoms with Crippen LogP contribution in [0, 0.1) is 0 Å². The molecular weight excluding hydrogens is 386 g/mol. The Morgan fingerprint density at radius 3 is 2.64 bits per heavy atom. The van der Waals surface area contributed by atoms with Crippen LogP contribution in [-0.2, 0) is 0 Å². The second-order valence-electron chi connectivity index (χ2n) is 4.36. The van der Waals surface area contributed by atoms with Crippen LogP contribution in [0.4, 0.5) is 5.82 Å². The van der Waals surface area contributed by atoms with Crippen LogP contribution < -0.4 is 5.32 Å². The summed E-state index contributed by atoms with van der Waals surface area (Å²) in [6.45, 7) is 0. The summed E-state index contributed by atoms with van der Waals surface area (Å²) in [6.07, 6.45) is 1.62. The maximum Gasteiger partial charge on any atom is 0.276 e.